The number of nitrogens with one attached hydrogen (secondary N) is 1. The highest BCUT2D eigenvalue weighted by Crippen LogP contribution is 2.34. The van der Waals surface area contributed by atoms with Crippen molar-refractivity contribution in [3.05, 3.63) is 51.3 Å². The standard InChI is InChI=1S/C16H10BrClF4N4O/c17-8-3-4-9(12-7(8)2-1-5-23-12)24-10(27)6-26-14(16(21)22)11(18)13(25-26)15(19)20/h1-5,15-16H,6H2,(H,24,27). The van der Waals surface area contributed by atoms with Crippen molar-refractivity contribution >= 4 is 50.0 Å². The van der Waals surface area contributed by atoms with E-state index in [1.165, 1.54) is 6.20 Å². The zero-order valence-corrected chi connectivity index (χ0v) is 15.6. The van der Waals surface area contributed by atoms with Crippen molar-refractivity contribution in [3.63, 3.8) is 0 Å². The zero-order chi connectivity index (χ0) is 19.7. The van der Waals surface area contributed by atoms with Crippen molar-refractivity contribution < 1.29 is 22.4 Å². The summed E-state index contributed by atoms with van der Waals surface area (Å²) in [6.07, 6.45) is -4.78. The van der Waals surface area contributed by atoms with Crippen LogP contribution in [0.3, 0.4) is 0 Å². The highest BCUT2D eigenvalue weighted by atomic mass is 79.9. The summed E-state index contributed by atoms with van der Waals surface area (Å²) in [5.74, 6) is -0.744. The third-order valence-corrected chi connectivity index (χ3v) is 4.73. The number of benzene rings is 1. The van der Waals surface area contributed by atoms with Crippen LogP contribution in [0, 0.1) is 0 Å². The summed E-state index contributed by atoms with van der Waals surface area (Å²) in [4.78, 5) is 16.5. The summed E-state index contributed by atoms with van der Waals surface area (Å²) in [5, 5.41) is 5.77. The Labute approximate surface area is 163 Å². The molecule has 2 heterocycles. The van der Waals surface area contributed by atoms with Gasteiger partial charge in [0.05, 0.1) is 16.2 Å². The third-order valence-electron chi connectivity index (χ3n) is 3.65. The second-order valence-corrected chi connectivity index (χ2v) is 6.62. The molecule has 0 saturated heterocycles. The Bertz CT molecular complexity index is 1010. The van der Waals surface area contributed by atoms with Crippen LogP contribution < -0.4 is 5.32 Å². The Morgan fingerprint density at radius 1 is 1.22 bits per heavy atom. The normalized spacial score (nSPS) is 11.6. The summed E-state index contributed by atoms with van der Waals surface area (Å²) in [6.45, 7) is -0.712. The summed E-state index contributed by atoms with van der Waals surface area (Å²) in [5.41, 5.74) is -1.11. The molecule has 0 bridgehead atoms. The van der Waals surface area contributed by atoms with Gasteiger partial charge in [0.25, 0.3) is 12.9 Å². The van der Waals surface area contributed by atoms with Gasteiger partial charge in [0, 0.05) is 16.1 Å². The molecule has 0 unspecified atom stereocenters. The maximum absolute atomic E-state index is 13.2. The first-order chi connectivity index (χ1) is 12.8. The number of nitrogens with zero attached hydrogens (tertiary/aromatic N) is 3. The largest absolute Gasteiger partial charge is 0.323 e. The first-order valence-corrected chi connectivity index (χ1v) is 8.62. The summed E-state index contributed by atoms with van der Waals surface area (Å²) in [6, 6.07) is 6.75. The molecule has 0 aliphatic carbocycles. The van der Waals surface area contributed by atoms with E-state index in [1.807, 2.05) is 0 Å². The predicted molar refractivity (Wildman–Crippen MR) is 95.2 cm³/mol. The average Bonchev–Trinajstić information content (AvgIpc) is 2.94. The van der Waals surface area contributed by atoms with Crippen molar-refractivity contribution in [1.29, 1.82) is 0 Å². The van der Waals surface area contributed by atoms with Crippen molar-refractivity contribution in [2.75, 3.05) is 5.32 Å². The molecule has 1 aromatic carbocycles. The molecule has 1 amide bonds. The maximum Gasteiger partial charge on any atom is 0.283 e. The monoisotopic (exact) mass is 464 g/mol. The van der Waals surface area contributed by atoms with E-state index in [4.69, 9.17) is 11.6 Å². The number of pyridine rings is 1. The van der Waals surface area contributed by atoms with E-state index in [-0.39, 0.29) is 0 Å². The minimum absolute atomic E-state index is 0.338. The number of halogens is 6. The minimum Gasteiger partial charge on any atom is -0.323 e. The molecule has 0 radical (unpaired) electrons. The third kappa shape index (κ3) is 3.91. The van der Waals surface area contributed by atoms with Gasteiger partial charge in [-0.3, -0.25) is 14.5 Å². The van der Waals surface area contributed by atoms with Crippen LogP contribution in [0.25, 0.3) is 10.9 Å². The topological polar surface area (TPSA) is 59.8 Å². The Morgan fingerprint density at radius 3 is 2.63 bits per heavy atom. The lowest BCUT2D eigenvalue weighted by Gasteiger charge is -2.10. The predicted octanol–water partition coefficient (Wildman–Crippen LogP) is 5.36. The number of anilines is 1. The lowest BCUT2D eigenvalue weighted by molar-refractivity contribution is -0.117. The molecule has 3 aromatic rings. The van der Waals surface area contributed by atoms with Crippen LogP contribution in [-0.4, -0.2) is 20.7 Å². The van der Waals surface area contributed by atoms with E-state index in [0.29, 0.717) is 15.9 Å². The quantitative estimate of drug-likeness (QED) is 0.516. The number of carbonyl (C=O) groups is 1. The molecule has 0 aliphatic rings. The van der Waals surface area contributed by atoms with Gasteiger partial charge in [0.15, 0.2) is 0 Å². The number of aromatic nitrogens is 3. The Hall–Kier alpha value is -2.20. The second-order valence-electron chi connectivity index (χ2n) is 5.39. The van der Waals surface area contributed by atoms with E-state index >= 15 is 0 Å². The number of amides is 1. The fraction of sp³-hybridized carbons (Fsp3) is 0.188. The highest BCUT2D eigenvalue weighted by Gasteiger charge is 2.28. The van der Waals surface area contributed by atoms with Gasteiger partial charge in [-0.1, -0.05) is 33.6 Å². The van der Waals surface area contributed by atoms with Crippen LogP contribution in [0.5, 0.6) is 0 Å². The number of alkyl halides is 4. The molecule has 2 aromatic heterocycles. The van der Waals surface area contributed by atoms with Crippen LogP contribution in [-0.2, 0) is 11.3 Å². The molecule has 0 atom stereocenters. The molecule has 0 aliphatic heterocycles. The molecule has 142 valence electrons. The average molecular weight is 466 g/mol. The summed E-state index contributed by atoms with van der Waals surface area (Å²) in [7, 11) is 0. The van der Waals surface area contributed by atoms with E-state index < -0.39 is 41.7 Å². The van der Waals surface area contributed by atoms with Gasteiger partial charge in [0.1, 0.15) is 17.9 Å². The molecule has 27 heavy (non-hydrogen) atoms. The molecule has 1 N–H and O–H groups in total. The van der Waals surface area contributed by atoms with E-state index in [1.54, 1.807) is 24.3 Å². The van der Waals surface area contributed by atoms with Crippen LogP contribution in [0.15, 0.2) is 34.9 Å². The number of rotatable bonds is 5. The molecule has 5 nitrogen and oxygen atoms in total. The molecule has 0 fully saturated rings. The minimum atomic E-state index is -3.17. The van der Waals surface area contributed by atoms with Gasteiger partial charge in [-0.05, 0) is 18.2 Å². The van der Waals surface area contributed by atoms with Crippen LogP contribution in [0.1, 0.15) is 24.2 Å². The zero-order valence-electron chi connectivity index (χ0n) is 13.3. The molecule has 11 heteroatoms. The molecule has 0 saturated carbocycles. The second kappa shape index (κ2) is 7.81. The molecular formula is C16H10BrClF4N4O. The highest BCUT2D eigenvalue weighted by molar-refractivity contribution is 9.10. The van der Waals surface area contributed by atoms with Crippen molar-refractivity contribution in [2.24, 2.45) is 0 Å². The summed E-state index contributed by atoms with van der Waals surface area (Å²) >= 11 is 8.93. The van der Waals surface area contributed by atoms with E-state index in [0.717, 1.165) is 9.86 Å². The fourth-order valence-electron chi connectivity index (χ4n) is 2.51. The Kier molecular flexibility index (Phi) is 5.66. The van der Waals surface area contributed by atoms with E-state index in [2.05, 4.69) is 31.3 Å². The van der Waals surface area contributed by atoms with Gasteiger partial charge >= 0.3 is 0 Å². The first kappa shape index (κ1) is 19.6. The maximum atomic E-state index is 13.2. The number of hydrogen-bond acceptors (Lipinski definition) is 3. The van der Waals surface area contributed by atoms with Gasteiger partial charge in [-0.15, -0.1) is 0 Å². The lowest BCUT2D eigenvalue weighted by Crippen LogP contribution is -2.21. The molecule has 3 rings (SSSR count). The van der Waals surface area contributed by atoms with Gasteiger partial charge in [-0.25, -0.2) is 17.6 Å². The van der Waals surface area contributed by atoms with Crippen molar-refractivity contribution in [1.82, 2.24) is 14.8 Å². The van der Waals surface area contributed by atoms with Crippen molar-refractivity contribution in [3.8, 4) is 0 Å². The van der Waals surface area contributed by atoms with Crippen LogP contribution in [0.4, 0.5) is 23.2 Å². The fourth-order valence-corrected chi connectivity index (χ4v) is 3.26. The van der Waals surface area contributed by atoms with Crippen molar-refractivity contribution in [2.45, 2.75) is 19.4 Å². The van der Waals surface area contributed by atoms with Gasteiger partial charge in [-0.2, -0.15) is 5.10 Å². The van der Waals surface area contributed by atoms with Crippen LogP contribution in [0.2, 0.25) is 5.02 Å². The first-order valence-electron chi connectivity index (χ1n) is 7.45. The molecular weight excluding hydrogens is 456 g/mol. The lowest BCUT2D eigenvalue weighted by atomic mass is 10.2. The van der Waals surface area contributed by atoms with Gasteiger partial charge in [0.2, 0.25) is 5.91 Å². The Balaban J connectivity index is 1.89. The molecule has 0 spiro atoms. The SMILES string of the molecule is O=C(Cn1nc(C(F)F)c(Cl)c1C(F)F)Nc1ccc(Br)c2cccnc12. The van der Waals surface area contributed by atoms with Gasteiger partial charge < -0.3 is 5.32 Å². The number of hydrogen-bond donors (Lipinski definition) is 1. The number of fused-ring (bicyclic) bond motifs is 1. The Morgan fingerprint density at radius 2 is 1.96 bits per heavy atom. The van der Waals surface area contributed by atoms with Crippen LogP contribution >= 0.6 is 27.5 Å². The number of carbonyl (C=O) groups excluding carboxylic acids is 1. The smallest absolute Gasteiger partial charge is 0.283 e. The van der Waals surface area contributed by atoms with E-state index in [9.17, 15) is 22.4 Å². The summed E-state index contributed by atoms with van der Waals surface area (Å²) < 4.78 is 53.3.